The Balaban J connectivity index is 1.52. The summed E-state index contributed by atoms with van der Waals surface area (Å²) in [6.45, 7) is 2.51. The van der Waals surface area contributed by atoms with Gasteiger partial charge in [-0.05, 0) is 30.3 Å². The highest BCUT2D eigenvalue weighted by atomic mass is 35.5. The van der Waals surface area contributed by atoms with E-state index < -0.39 is 0 Å². The van der Waals surface area contributed by atoms with Crippen molar-refractivity contribution in [3.8, 4) is 5.69 Å². The van der Waals surface area contributed by atoms with E-state index in [1.54, 1.807) is 6.20 Å². The Kier molecular flexibility index (Phi) is 4.33. The molecule has 0 aliphatic rings. The monoisotopic (exact) mass is 301 g/mol. The van der Waals surface area contributed by atoms with Crippen molar-refractivity contribution in [3.05, 3.63) is 65.7 Å². The van der Waals surface area contributed by atoms with Gasteiger partial charge >= 0.3 is 0 Å². The van der Waals surface area contributed by atoms with E-state index in [4.69, 9.17) is 11.6 Å². The van der Waals surface area contributed by atoms with Crippen LogP contribution in [0.5, 0.6) is 0 Å². The molecule has 0 atom stereocenters. The topological polar surface area (TPSA) is 47.7 Å². The standard InChI is InChI=1S/C15H16ClN5/c16-14-2-4-15(5-3-14)21-12-13(11-19-21)10-17-7-9-20-8-1-6-18-20/h1-6,8,11-12,17H,7,9-10H2. The van der Waals surface area contributed by atoms with Gasteiger partial charge in [-0.1, -0.05) is 11.6 Å². The first kappa shape index (κ1) is 13.9. The van der Waals surface area contributed by atoms with Crippen LogP contribution >= 0.6 is 11.6 Å². The van der Waals surface area contributed by atoms with Gasteiger partial charge in [0.2, 0.25) is 0 Å². The summed E-state index contributed by atoms with van der Waals surface area (Å²) >= 11 is 5.88. The van der Waals surface area contributed by atoms with Crippen LogP contribution in [0.25, 0.3) is 5.69 Å². The largest absolute Gasteiger partial charge is 0.311 e. The summed E-state index contributed by atoms with van der Waals surface area (Å²) in [5.74, 6) is 0. The molecule has 0 aliphatic carbocycles. The highest BCUT2D eigenvalue weighted by molar-refractivity contribution is 6.30. The summed E-state index contributed by atoms with van der Waals surface area (Å²) < 4.78 is 3.75. The van der Waals surface area contributed by atoms with Crippen molar-refractivity contribution in [3.63, 3.8) is 0 Å². The van der Waals surface area contributed by atoms with Crippen LogP contribution in [0.1, 0.15) is 5.56 Å². The van der Waals surface area contributed by atoms with Gasteiger partial charge in [-0.3, -0.25) is 4.68 Å². The van der Waals surface area contributed by atoms with Crippen molar-refractivity contribution in [1.29, 1.82) is 0 Å². The van der Waals surface area contributed by atoms with E-state index in [2.05, 4.69) is 15.5 Å². The maximum absolute atomic E-state index is 5.88. The lowest BCUT2D eigenvalue weighted by atomic mass is 10.3. The molecule has 1 aromatic carbocycles. The van der Waals surface area contributed by atoms with Crippen LogP contribution in [0.15, 0.2) is 55.1 Å². The third-order valence-electron chi connectivity index (χ3n) is 3.13. The molecule has 0 saturated heterocycles. The van der Waals surface area contributed by atoms with Crippen LogP contribution < -0.4 is 5.32 Å². The smallest absolute Gasteiger partial charge is 0.0646 e. The first-order valence-electron chi connectivity index (χ1n) is 6.79. The average Bonchev–Trinajstić information content (AvgIpc) is 3.16. The fourth-order valence-corrected chi connectivity index (χ4v) is 2.17. The first-order chi connectivity index (χ1) is 10.3. The second kappa shape index (κ2) is 6.56. The van der Waals surface area contributed by atoms with Crippen LogP contribution in [-0.4, -0.2) is 26.1 Å². The van der Waals surface area contributed by atoms with E-state index in [0.717, 1.165) is 35.9 Å². The number of hydrogen-bond donors (Lipinski definition) is 1. The van der Waals surface area contributed by atoms with Crippen LogP contribution in [0.2, 0.25) is 5.02 Å². The van der Waals surface area contributed by atoms with E-state index >= 15 is 0 Å². The van der Waals surface area contributed by atoms with Gasteiger partial charge < -0.3 is 5.32 Å². The average molecular weight is 302 g/mol. The van der Waals surface area contributed by atoms with E-state index in [-0.39, 0.29) is 0 Å². The van der Waals surface area contributed by atoms with Gasteiger partial charge in [0.05, 0.1) is 18.4 Å². The number of benzene rings is 1. The van der Waals surface area contributed by atoms with Crippen molar-refractivity contribution in [2.45, 2.75) is 13.1 Å². The minimum atomic E-state index is 0.728. The molecule has 2 heterocycles. The minimum absolute atomic E-state index is 0.728. The molecule has 0 bridgehead atoms. The van der Waals surface area contributed by atoms with Gasteiger partial charge in [0.1, 0.15) is 0 Å². The van der Waals surface area contributed by atoms with Crippen LogP contribution in [-0.2, 0) is 13.1 Å². The van der Waals surface area contributed by atoms with E-state index in [0.29, 0.717) is 0 Å². The molecule has 108 valence electrons. The summed E-state index contributed by atoms with van der Waals surface area (Å²) in [4.78, 5) is 0. The number of nitrogens with zero attached hydrogens (tertiary/aromatic N) is 4. The Hall–Kier alpha value is -2.11. The lowest BCUT2D eigenvalue weighted by Gasteiger charge is -2.03. The number of nitrogens with one attached hydrogen (secondary N) is 1. The molecule has 0 spiro atoms. The second-order valence-electron chi connectivity index (χ2n) is 4.72. The summed E-state index contributed by atoms with van der Waals surface area (Å²) in [6, 6.07) is 9.55. The molecule has 6 heteroatoms. The predicted octanol–water partition coefficient (Wildman–Crippen LogP) is 2.51. The summed E-state index contributed by atoms with van der Waals surface area (Å²) in [7, 11) is 0. The second-order valence-corrected chi connectivity index (χ2v) is 5.15. The zero-order chi connectivity index (χ0) is 14.5. The highest BCUT2D eigenvalue weighted by Crippen LogP contribution is 2.13. The molecule has 21 heavy (non-hydrogen) atoms. The molecule has 0 radical (unpaired) electrons. The molecule has 1 N–H and O–H groups in total. The van der Waals surface area contributed by atoms with E-state index in [1.807, 2.05) is 58.3 Å². The van der Waals surface area contributed by atoms with Crippen molar-refractivity contribution >= 4 is 11.6 Å². The molecule has 0 aliphatic heterocycles. The Morgan fingerprint density at radius 3 is 2.76 bits per heavy atom. The number of hydrogen-bond acceptors (Lipinski definition) is 3. The molecule has 0 saturated carbocycles. The van der Waals surface area contributed by atoms with Crippen LogP contribution in [0.3, 0.4) is 0 Å². The Morgan fingerprint density at radius 2 is 2.00 bits per heavy atom. The molecule has 3 aromatic rings. The summed E-state index contributed by atoms with van der Waals surface area (Å²) in [6.07, 6.45) is 7.63. The molecule has 0 unspecified atom stereocenters. The molecule has 2 aromatic heterocycles. The van der Waals surface area contributed by atoms with Crippen LogP contribution in [0, 0.1) is 0 Å². The van der Waals surface area contributed by atoms with Gasteiger partial charge in [-0.15, -0.1) is 0 Å². The van der Waals surface area contributed by atoms with E-state index in [9.17, 15) is 0 Å². The Labute approximate surface area is 128 Å². The van der Waals surface area contributed by atoms with Gasteiger partial charge in [0.15, 0.2) is 0 Å². The van der Waals surface area contributed by atoms with Crippen molar-refractivity contribution in [1.82, 2.24) is 24.9 Å². The van der Waals surface area contributed by atoms with Crippen molar-refractivity contribution < 1.29 is 0 Å². The third kappa shape index (κ3) is 3.71. The minimum Gasteiger partial charge on any atom is -0.311 e. The van der Waals surface area contributed by atoms with Gasteiger partial charge in [-0.25, -0.2) is 4.68 Å². The maximum atomic E-state index is 5.88. The third-order valence-corrected chi connectivity index (χ3v) is 3.39. The maximum Gasteiger partial charge on any atom is 0.0646 e. The quantitative estimate of drug-likeness (QED) is 0.712. The Morgan fingerprint density at radius 1 is 1.14 bits per heavy atom. The fraction of sp³-hybridized carbons (Fsp3) is 0.200. The first-order valence-corrected chi connectivity index (χ1v) is 7.17. The zero-order valence-electron chi connectivity index (χ0n) is 11.5. The van der Waals surface area contributed by atoms with Gasteiger partial charge in [0, 0.05) is 42.3 Å². The molecule has 0 amide bonds. The van der Waals surface area contributed by atoms with Crippen molar-refractivity contribution in [2.24, 2.45) is 0 Å². The lowest BCUT2D eigenvalue weighted by Crippen LogP contribution is -2.19. The highest BCUT2D eigenvalue weighted by Gasteiger charge is 2.01. The number of halogens is 1. The summed E-state index contributed by atoms with van der Waals surface area (Å²) in [5.41, 5.74) is 2.15. The Bertz CT molecular complexity index is 672. The van der Waals surface area contributed by atoms with Gasteiger partial charge in [-0.2, -0.15) is 10.2 Å². The predicted molar refractivity (Wildman–Crippen MR) is 82.5 cm³/mol. The molecular weight excluding hydrogens is 286 g/mol. The van der Waals surface area contributed by atoms with Crippen molar-refractivity contribution in [2.75, 3.05) is 6.54 Å². The zero-order valence-corrected chi connectivity index (χ0v) is 12.2. The molecule has 0 fully saturated rings. The lowest BCUT2D eigenvalue weighted by molar-refractivity contribution is 0.555. The normalized spacial score (nSPS) is 10.9. The van der Waals surface area contributed by atoms with Gasteiger partial charge in [0.25, 0.3) is 0 Å². The molecular formula is C15H16ClN5. The van der Waals surface area contributed by atoms with E-state index in [1.165, 1.54) is 0 Å². The van der Waals surface area contributed by atoms with Crippen LogP contribution in [0.4, 0.5) is 0 Å². The fourth-order valence-electron chi connectivity index (χ4n) is 2.05. The molecule has 5 nitrogen and oxygen atoms in total. The molecule has 3 rings (SSSR count). The summed E-state index contributed by atoms with van der Waals surface area (Å²) in [5, 5.41) is 12.6. The number of aromatic nitrogens is 4. The SMILES string of the molecule is Clc1ccc(-n2cc(CNCCn3cccn3)cn2)cc1. The number of rotatable bonds is 6.